The molecule has 28 heavy (non-hydrogen) atoms. The Balaban J connectivity index is 1.58. The van der Waals surface area contributed by atoms with Crippen molar-refractivity contribution in [2.45, 2.75) is 51.0 Å². The highest BCUT2D eigenvalue weighted by molar-refractivity contribution is 5.43. The number of methoxy groups -OCH3 is 1. The van der Waals surface area contributed by atoms with E-state index in [9.17, 15) is 15.2 Å². The van der Waals surface area contributed by atoms with Crippen molar-refractivity contribution in [2.24, 2.45) is 0 Å². The van der Waals surface area contributed by atoms with Crippen LogP contribution in [0.5, 0.6) is 11.5 Å². The molecule has 7 heteroatoms. The Labute approximate surface area is 164 Å². The minimum absolute atomic E-state index is 0.0567. The molecule has 2 unspecified atom stereocenters. The number of ether oxygens (including phenoxy) is 2. The third-order valence-electron chi connectivity index (χ3n) is 5.07. The fourth-order valence-electron chi connectivity index (χ4n) is 3.41. The number of aliphatic hydroxyl groups is 1. The molecule has 1 fully saturated rings. The molecule has 0 radical (unpaired) electrons. The van der Waals surface area contributed by atoms with E-state index in [4.69, 9.17) is 9.47 Å². The lowest BCUT2D eigenvalue weighted by Gasteiger charge is -2.28. The number of nitro groups is 1. The van der Waals surface area contributed by atoms with E-state index < -0.39 is 4.92 Å². The average Bonchev–Trinajstić information content (AvgIpc) is 2.72. The summed E-state index contributed by atoms with van der Waals surface area (Å²) >= 11 is 0. The van der Waals surface area contributed by atoms with Gasteiger partial charge in [-0.3, -0.25) is 10.1 Å². The van der Waals surface area contributed by atoms with Crippen molar-refractivity contribution in [3.05, 3.63) is 63.7 Å². The molecule has 1 saturated carbocycles. The second-order valence-corrected chi connectivity index (χ2v) is 7.04. The molecule has 0 bridgehead atoms. The summed E-state index contributed by atoms with van der Waals surface area (Å²) in [5.41, 5.74) is 1.95. The quantitative estimate of drug-likeness (QED) is 0.532. The molecule has 3 rings (SSSR count). The zero-order valence-corrected chi connectivity index (χ0v) is 16.0. The van der Waals surface area contributed by atoms with Crippen LogP contribution in [-0.2, 0) is 13.2 Å². The van der Waals surface area contributed by atoms with E-state index in [0.29, 0.717) is 24.7 Å². The first kappa shape index (κ1) is 20.1. The topological polar surface area (TPSA) is 93.9 Å². The molecule has 2 aromatic rings. The van der Waals surface area contributed by atoms with Gasteiger partial charge in [-0.1, -0.05) is 18.9 Å². The van der Waals surface area contributed by atoms with Gasteiger partial charge in [0.15, 0.2) is 11.5 Å². The highest BCUT2D eigenvalue weighted by Gasteiger charge is 2.22. The van der Waals surface area contributed by atoms with E-state index in [1.54, 1.807) is 19.2 Å². The van der Waals surface area contributed by atoms with Crippen LogP contribution in [0.25, 0.3) is 0 Å². The second kappa shape index (κ2) is 9.52. The predicted molar refractivity (Wildman–Crippen MR) is 106 cm³/mol. The van der Waals surface area contributed by atoms with Crippen LogP contribution < -0.4 is 14.8 Å². The van der Waals surface area contributed by atoms with Crippen LogP contribution in [0.2, 0.25) is 0 Å². The van der Waals surface area contributed by atoms with Crippen molar-refractivity contribution >= 4 is 5.69 Å². The number of hydrogen-bond acceptors (Lipinski definition) is 6. The summed E-state index contributed by atoms with van der Waals surface area (Å²) < 4.78 is 11.3. The van der Waals surface area contributed by atoms with E-state index in [1.807, 2.05) is 18.2 Å². The molecule has 2 N–H and O–H groups in total. The lowest BCUT2D eigenvalue weighted by Crippen LogP contribution is -2.41. The third kappa shape index (κ3) is 5.21. The molecule has 150 valence electrons. The van der Waals surface area contributed by atoms with E-state index in [1.165, 1.54) is 12.1 Å². The molecule has 2 aromatic carbocycles. The highest BCUT2D eigenvalue weighted by atomic mass is 16.6. The van der Waals surface area contributed by atoms with Gasteiger partial charge in [-0.25, -0.2) is 0 Å². The van der Waals surface area contributed by atoms with Crippen molar-refractivity contribution in [1.29, 1.82) is 0 Å². The molecular weight excluding hydrogens is 360 g/mol. The first-order valence-electron chi connectivity index (χ1n) is 9.51. The van der Waals surface area contributed by atoms with Gasteiger partial charge >= 0.3 is 0 Å². The largest absolute Gasteiger partial charge is 0.493 e. The zero-order valence-electron chi connectivity index (χ0n) is 16.0. The van der Waals surface area contributed by atoms with E-state index in [-0.39, 0.29) is 17.8 Å². The molecule has 0 spiro atoms. The summed E-state index contributed by atoms with van der Waals surface area (Å²) in [5.74, 6) is 1.24. The highest BCUT2D eigenvalue weighted by Crippen LogP contribution is 2.29. The number of benzene rings is 2. The van der Waals surface area contributed by atoms with Crippen LogP contribution in [0.15, 0.2) is 42.5 Å². The summed E-state index contributed by atoms with van der Waals surface area (Å²) in [5, 5.41) is 24.2. The van der Waals surface area contributed by atoms with Gasteiger partial charge in [0.05, 0.1) is 18.1 Å². The van der Waals surface area contributed by atoms with Crippen LogP contribution in [-0.4, -0.2) is 29.3 Å². The fraction of sp³-hybridized carbons (Fsp3) is 0.429. The maximum absolute atomic E-state index is 10.7. The number of aliphatic hydroxyl groups excluding tert-OH is 1. The Kier molecular flexibility index (Phi) is 6.84. The molecule has 0 amide bonds. The Morgan fingerprint density at radius 2 is 1.82 bits per heavy atom. The molecule has 2 atom stereocenters. The molecule has 0 aliphatic heterocycles. The Bertz CT molecular complexity index is 794. The number of rotatable bonds is 8. The Morgan fingerprint density at radius 1 is 1.11 bits per heavy atom. The van der Waals surface area contributed by atoms with Crippen molar-refractivity contribution < 1.29 is 19.5 Å². The first-order chi connectivity index (χ1) is 13.6. The van der Waals surface area contributed by atoms with Crippen LogP contribution in [0.1, 0.15) is 36.8 Å². The smallest absolute Gasteiger partial charge is 0.269 e. The van der Waals surface area contributed by atoms with Crippen molar-refractivity contribution in [2.75, 3.05) is 7.11 Å². The summed E-state index contributed by atoms with van der Waals surface area (Å²) in [6.07, 6.45) is 3.81. The molecule has 0 heterocycles. The Morgan fingerprint density at radius 3 is 2.50 bits per heavy atom. The summed E-state index contributed by atoms with van der Waals surface area (Å²) in [6, 6.07) is 12.2. The minimum Gasteiger partial charge on any atom is -0.493 e. The van der Waals surface area contributed by atoms with Gasteiger partial charge in [-0.2, -0.15) is 0 Å². The van der Waals surface area contributed by atoms with Crippen LogP contribution in [0, 0.1) is 10.1 Å². The maximum Gasteiger partial charge on any atom is 0.269 e. The van der Waals surface area contributed by atoms with Gasteiger partial charge in [-0.15, -0.1) is 0 Å². The normalized spacial score (nSPS) is 19.2. The lowest BCUT2D eigenvalue weighted by atomic mass is 9.92. The van der Waals surface area contributed by atoms with Gasteiger partial charge < -0.3 is 19.9 Å². The van der Waals surface area contributed by atoms with Gasteiger partial charge in [0.25, 0.3) is 5.69 Å². The molecular formula is C21H26N2O5. The fourth-order valence-corrected chi connectivity index (χ4v) is 3.41. The number of nitrogens with zero attached hydrogens (tertiary/aromatic N) is 1. The van der Waals surface area contributed by atoms with Crippen LogP contribution in [0.3, 0.4) is 0 Å². The van der Waals surface area contributed by atoms with Crippen molar-refractivity contribution in [3.63, 3.8) is 0 Å². The summed E-state index contributed by atoms with van der Waals surface area (Å²) in [6.45, 7) is 0.945. The molecule has 1 aliphatic carbocycles. The average molecular weight is 386 g/mol. The summed E-state index contributed by atoms with van der Waals surface area (Å²) in [4.78, 5) is 10.3. The third-order valence-corrected chi connectivity index (χ3v) is 5.07. The molecule has 1 aliphatic rings. The van der Waals surface area contributed by atoms with Crippen LogP contribution >= 0.6 is 0 Å². The predicted octanol–water partition coefficient (Wildman–Crippen LogP) is 3.58. The minimum atomic E-state index is -0.424. The van der Waals surface area contributed by atoms with Crippen molar-refractivity contribution in [1.82, 2.24) is 5.32 Å². The van der Waals surface area contributed by atoms with E-state index >= 15 is 0 Å². The standard InChI is InChI=1S/C21H26N2O5/c1-27-21-12-16(13-22-18-4-2-3-5-19(18)24)8-11-20(21)28-14-15-6-9-17(10-7-15)23(25)26/h6-12,18-19,22,24H,2-5,13-14H2,1H3. The van der Waals surface area contributed by atoms with Crippen LogP contribution in [0.4, 0.5) is 5.69 Å². The maximum atomic E-state index is 10.7. The molecule has 7 nitrogen and oxygen atoms in total. The second-order valence-electron chi connectivity index (χ2n) is 7.04. The van der Waals surface area contributed by atoms with Gasteiger partial charge in [-0.05, 0) is 48.2 Å². The Hall–Kier alpha value is -2.64. The van der Waals surface area contributed by atoms with Crippen molar-refractivity contribution in [3.8, 4) is 11.5 Å². The zero-order chi connectivity index (χ0) is 19.9. The first-order valence-corrected chi connectivity index (χ1v) is 9.51. The van der Waals surface area contributed by atoms with Gasteiger partial charge in [0, 0.05) is 24.7 Å². The molecule has 0 saturated heterocycles. The number of hydrogen-bond donors (Lipinski definition) is 2. The van der Waals surface area contributed by atoms with E-state index in [0.717, 1.165) is 36.8 Å². The molecule has 0 aromatic heterocycles. The SMILES string of the molecule is COc1cc(CNC2CCCCC2O)ccc1OCc1ccc([N+](=O)[O-])cc1. The number of non-ortho nitro benzene ring substituents is 1. The van der Waals surface area contributed by atoms with E-state index in [2.05, 4.69) is 5.32 Å². The monoisotopic (exact) mass is 386 g/mol. The lowest BCUT2D eigenvalue weighted by molar-refractivity contribution is -0.384. The van der Waals surface area contributed by atoms with Gasteiger partial charge in [0.1, 0.15) is 6.61 Å². The van der Waals surface area contributed by atoms with Gasteiger partial charge in [0.2, 0.25) is 0 Å². The summed E-state index contributed by atoms with van der Waals surface area (Å²) in [7, 11) is 1.59. The number of nitrogens with one attached hydrogen (secondary N) is 1. The number of nitro benzene ring substituents is 1.